The van der Waals surface area contributed by atoms with Crippen LogP contribution < -0.4 is 14.8 Å². The summed E-state index contributed by atoms with van der Waals surface area (Å²) in [5.74, 6) is 3.56. The average Bonchev–Trinajstić information content (AvgIpc) is 2.60. The van der Waals surface area contributed by atoms with Gasteiger partial charge in [0, 0.05) is 18.8 Å². The van der Waals surface area contributed by atoms with Crippen LogP contribution in [0.3, 0.4) is 0 Å². The van der Waals surface area contributed by atoms with Gasteiger partial charge in [0.2, 0.25) is 5.91 Å². The van der Waals surface area contributed by atoms with Crippen molar-refractivity contribution in [2.45, 2.75) is 13.8 Å². The number of hydrogen-bond acceptors (Lipinski definition) is 4. The second kappa shape index (κ2) is 9.14. The van der Waals surface area contributed by atoms with Gasteiger partial charge in [-0.25, -0.2) is 0 Å². The molecule has 0 unspecified atom stereocenters. The number of terminal acetylenes is 1. The Morgan fingerprint density at radius 2 is 1.96 bits per heavy atom. The molecule has 0 bridgehead atoms. The van der Waals surface area contributed by atoms with Crippen molar-refractivity contribution in [2.75, 3.05) is 18.5 Å². The monoisotopic (exact) mass is 336 g/mol. The van der Waals surface area contributed by atoms with Crippen molar-refractivity contribution in [3.05, 3.63) is 48.0 Å². The van der Waals surface area contributed by atoms with Crippen LogP contribution in [0.4, 0.5) is 11.4 Å². The fourth-order valence-corrected chi connectivity index (χ4v) is 2.10. The smallest absolute Gasteiger partial charge is 0.221 e. The number of aliphatic imine (C=N–C) groups is 1. The average molecular weight is 336 g/mol. The molecule has 0 atom stereocenters. The minimum atomic E-state index is -0.105. The maximum atomic E-state index is 11.0. The molecule has 0 aliphatic rings. The molecule has 0 fully saturated rings. The summed E-state index contributed by atoms with van der Waals surface area (Å²) in [5.41, 5.74) is 2.39. The van der Waals surface area contributed by atoms with E-state index in [1.54, 1.807) is 18.3 Å². The molecule has 0 saturated heterocycles. The Hall–Kier alpha value is -3.26. The molecule has 128 valence electrons. The molecule has 0 radical (unpaired) electrons. The Kier molecular flexibility index (Phi) is 6.61. The Morgan fingerprint density at radius 1 is 1.20 bits per heavy atom. The number of ether oxygens (including phenoxy) is 2. The molecule has 2 aromatic rings. The Balaban J connectivity index is 2.13. The zero-order chi connectivity index (χ0) is 18.1. The lowest BCUT2D eigenvalue weighted by molar-refractivity contribution is -0.114. The van der Waals surface area contributed by atoms with E-state index < -0.39 is 0 Å². The molecule has 1 N–H and O–H groups in total. The molecule has 0 aliphatic carbocycles. The van der Waals surface area contributed by atoms with Crippen molar-refractivity contribution in [3.8, 4) is 23.8 Å². The van der Waals surface area contributed by atoms with Crippen LogP contribution in [0.1, 0.15) is 19.4 Å². The first kappa shape index (κ1) is 18.1. The topological polar surface area (TPSA) is 59.9 Å². The summed E-state index contributed by atoms with van der Waals surface area (Å²) in [6, 6.07) is 12.8. The number of nitrogens with zero attached hydrogens (tertiary/aromatic N) is 1. The third-order valence-electron chi connectivity index (χ3n) is 3.13. The molecule has 25 heavy (non-hydrogen) atoms. The van der Waals surface area contributed by atoms with Crippen molar-refractivity contribution in [2.24, 2.45) is 4.99 Å². The van der Waals surface area contributed by atoms with Gasteiger partial charge in [-0.1, -0.05) is 5.92 Å². The van der Waals surface area contributed by atoms with Gasteiger partial charge < -0.3 is 14.8 Å². The summed E-state index contributed by atoms with van der Waals surface area (Å²) in [6.45, 7) is 4.09. The van der Waals surface area contributed by atoms with Crippen LogP contribution in [0.2, 0.25) is 0 Å². The summed E-state index contributed by atoms with van der Waals surface area (Å²) in [6.07, 6.45) is 6.96. The number of amides is 1. The van der Waals surface area contributed by atoms with Crippen LogP contribution in [0.15, 0.2) is 47.5 Å². The van der Waals surface area contributed by atoms with E-state index in [0.717, 1.165) is 16.9 Å². The highest BCUT2D eigenvalue weighted by Gasteiger charge is 2.05. The maximum Gasteiger partial charge on any atom is 0.221 e. The fraction of sp³-hybridized carbons (Fsp3) is 0.200. The Morgan fingerprint density at radius 3 is 2.60 bits per heavy atom. The second-order valence-corrected chi connectivity index (χ2v) is 5.12. The molecule has 1 amide bonds. The van der Waals surface area contributed by atoms with Crippen molar-refractivity contribution in [3.63, 3.8) is 0 Å². The van der Waals surface area contributed by atoms with E-state index in [1.807, 2.05) is 37.3 Å². The number of rotatable bonds is 7. The van der Waals surface area contributed by atoms with Crippen molar-refractivity contribution >= 4 is 23.5 Å². The number of anilines is 1. The van der Waals surface area contributed by atoms with Gasteiger partial charge in [-0.2, -0.15) is 0 Å². The number of carbonyl (C=O) groups excluding carboxylic acids is 1. The van der Waals surface area contributed by atoms with Gasteiger partial charge in [-0.15, -0.1) is 6.42 Å². The third-order valence-corrected chi connectivity index (χ3v) is 3.13. The molecule has 5 heteroatoms. The van der Waals surface area contributed by atoms with Crippen LogP contribution in [-0.4, -0.2) is 25.3 Å². The lowest BCUT2D eigenvalue weighted by Crippen LogP contribution is -2.04. The van der Waals surface area contributed by atoms with E-state index in [0.29, 0.717) is 18.1 Å². The largest absolute Gasteiger partial charge is 0.490 e. The molecule has 0 aromatic heterocycles. The van der Waals surface area contributed by atoms with E-state index in [4.69, 9.17) is 15.9 Å². The van der Waals surface area contributed by atoms with Gasteiger partial charge in [-0.05, 0) is 55.0 Å². The van der Waals surface area contributed by atoms with Gasteiger partial charge in [0.05, 0.1) is 12.3 Å². The highest BCUT2D eigenvalue weighted by Crippen LogP contribution is 2.28. The van der Waals surface area contributed by atoms with E-state index in [9.17, 15) is 4.79 Å². The SMILES string of the molecule is C#CCOc1ccc(C=Nc2ccc(NC(C)=O)cc2)cc1OCC. The highest BCUT2D eigenvalue weighted by atomic mass is 16.5. The number of nitrogens with one attached hydrogen (secondary N) is 1. The highest BCUT2D eigenvalue weighted by molar-refractivity contribution is 5.89. The van der Waals surface area contributed by atoms with E-state index in [1.165, 1.54) is 6.92 Å². The lowest BCUT2D eigenvalue weighted by Gasteiger charge is -2.10. The zero-order valence-electron chi connectivity index (χ0n) is 14.3. The van der Waals surface area contributed by atoms with Gasteiger partial charge >= 0.3 is 0 Å². The predicted octanol–water partition coefficient (Wildman–Crippen LogP) is 3.81. The first-order chi connectivity index (χ1) is 12.1. The van der Waals surface area contributed by atoms with Crippen LogP contribution in [0.25, 0.3) is 0 Å². The molecular weight excluding hydrogens is 316 g/mol. The maximum absolute atomic E-state index is 11.0. The molecular formula is C20H20N2O3. The summed E-state index contributed by atoms with van der Waals surface area (Å²) in [4.78, 5) is 15.4. The third kappa shape index (κ3) is 5.70. The zero-order valence-corrected chi connectivity index (χ0v) is 14.3. The van der Waals surface area contributed by atoms with Gasteiger partial charge in [-0.3, -0.25) is 9.79 Å². The summed E-state index contributed by atoms with van der Waals surface area (Å²) < 4.78 is 11.0. The molecule has 0 aliphatic heterocycles. The first-order valence-corrected chi connectivity index (χ1v) is 7.87. The molecule has 2 aromatic carbocycles. The van der Waals surface area contributed by atoms with E-state index in [-0.39, 0.29) is 12.5 Å². The first-order valence-electron chi connectivity index (χ1n) is 7.87. The summed E-state index contributed by atoms with van der Waals surface area (Å²) >= 11 is 0. The summed E-state index contributed by atoms with van der Waals surface area (Å²) in [7, 11) is 0. The van der Waals surface area contributed by atoms with Crippen molar-refractivity contribution in [1.29, 1.82) is 0 Å². The second-order valence-electron chi connectivity index (χ2n) is 5.12. The van der Waals surface area contributed by atoms with Gasteiger partial charge in [0.15, 0.2) is 11.5 Å². The Bertz CT molecular complexity index is 790. The predicted molar refractivity (Wildman–Crippen MR) is 99.9 cm³/mol. The number of hydrogen-bond donors (Lipinski definition) is 1. The van der Waals surface area contributed by atoms with Crippen LogP contribution in [-0.2, 0) is 4.79 Å². The molecule has 5 nitrogen and oxygen atoms in total. The quantitative estimate of drug-likeness (QED) is 0.618. The normalized spacial score (nSPS) is 10.3. The Labute approximate surface area is 147 Å². The standard InChI is InChI=1S/C20H20N2O3/c1-4-12-25-19-11-6-16(13-20(19)24-5-2)14-21-17-7-9-18(10-8-17)22-15(3)23/h1,6-11,13-14H,5,12H2,2-3H3,(H,22,23). The van der Waals surface area contributed by atoms with E-state index in [2.05, 4.69) is 16.2 Å². The number of carbonyl (C=O) groups is 1. The van der Waals surface area contributed by atoms with Crippen molar-refractivity contribution < 1.29 is 14.3 Å². The fourth-order valence-electron chi connectivity index (χ4n) is 2.10. The van der Waals surface area contributed by atoms with Crippen LogP contribution >= 0.6 is 0 Å². The lowest BCUT2D eigenvalue weighted by atomic mass is 10.2. The van der Waals surface area contributed by atoms with Crippen LogP contribution in [0.5, 0.6) is 11.5 Å². The molecule has 0 spiro atoms. The molecule has 0 heterocycles. The minimum absolute atomic E-state index is 0.105. The van der Waals surface area contributed by atoms with Gasteiger partial charge in [0.25, 0.3) is 0 Å². The van der Waals surface area contributed by atoms with Crippen LogP contribution in [0, 0.1) is 12.3 Å². The van der Waals surface area contributed by atoms with Crippen molar-refractivity contribution in [1.82, 2.24) is 0 Å². The van der Waals surface area contributed by atoms with E-state index >= 15 is 0 Å². The minimum Gasteiger partial charge on any atom is -0.490 e. The van der Waals surface area contributed by atoms with Gasteiger partial charge in [0.1, 0.15) is 6.61 Å². The number of benzene rings is 2. The molecule has 0 saturated carbocycles. The summed E-state index contributed by atoms with van der Waals surface area (Å²) in [5, 5.41) is 2.72. The molecule has 2 rings (SSSR count).